The number of carbonyl (C=O) groups excluding carboxylic acids is 2. The summed E-state index contributed by atoms with van der Waals surface area (Å²) in [6.07, 6.45) is 3.44. The van der Waals surface area contributed by atoms with Crippen LogP contribution < -0.4 is 15.4 Å². The van der Waals surface area contributed by atoms with E-state index in [1.165, 1.54) is 24.3 Å². The maximum Gasteiger partial charge on any atom is 0.269 e. The Hall–Kier alpha value is -3.49. The number of nitro benzene ring substituents is 1. The predicted molar refractivity (Wildman–Crippen MR) is 92.3 cm³/mol. The van der Waals surface area contributed by atoms with Crippen molar-refractivity contribution in [1.29, 1.82) is 0 Å². The van der Waals surface area contributed by atoms with E-state index in [-0.39, 0.29) is 37.1 Å². The van der Waals surface area contributed by atoms with E-state index >= 15 is 0 Å². The highest BCUT2D eigenvalue weighted by atomic mass is 16.6. The third kappa shape index (κ3) is 6.56. The molecule has 2 aromatic rings. The molecule has 26 heavy (non-hydrogen) atoms. The number of non-ortho nitro benzene ring substituents is 1. The van der Waals surface area contributed by atoms with Crippen molar-refractivity contribution in [3.8, 4) is 5.75 Å². The van der Waals surface area contributed by atoms with E-state index in [1.807, 2.05) is 0 Å². The second kappa shape index (κ2) is 9.72. The minimum absolute atomic E-state index is 0.0559. The van der Waals surface area contributed by atoms with Gasteiger partial charge in [0.2, 0.25) is 5.91 Å². The molecule has 0 atom stereocenters. The molecule has 0 aliphatic heterocycles. The van der Waals surface area contributed by atoms with Crippen molar-refractivity contribution in [3.05, 3.63) is 64.5 Å². The number of benzene rings is 1. The molecule has 0 radical (unpaired) electrons. The summed E-state index contributed by atoms with van der Waals surface area (Å²) in [5.74, 6) is -0.218. The summed E-state index contributed by atoms with van der Waals surface area (Å²) >= 11 is 0. The van der Waals surface area contributed by atoms with Crippen molar-refractivity contribution >= 4 is 17.5 Å². The monoisotopic (exact) mass is 358 g/mol. The number of carbonyl (C=O) groups is 2. The Morgan fingerprint density at radius 1 is 1.04 bits per heavy atom. The highest BCUT2D eigenvalue weighted by molar-refractivity contribution is 5.79. The highest BCUT2D eigenvalue weighted by Gasteiger charge is 2.07. The topological polar surface area (TPSA) is 123 Å². The number of aromatic nitrogens is 1. The molecule has 9 heteroatoms. The normalized spacial score (nSPS) is 10.0. The van der Waals surface area contributed by atoms with E-state index in [0.29, 0.717) is 12.3 Å². The van der Waals surface area contributed by atoms with Gasteiger partial charge in [-0.2, -0.15) is 0 Å². The van der Waals surface area contributed by atoms with Crippen molar-refractivity contribution in [2.75, 3.05) is 13.2 Å². The van der Waals surface area contributed by atoms with E-state index in [4.69, 9.17) is 4.74 Å². The fraction of sp³-hybridized carbons (Fsp3) is 0.235. The first kappa shape index (κ1) is 18.8. The van der Waals surface area contributed by atoms with Crippen LogP contribution in [-0.2, 0) is 16.1 Å². The van der Waals surface area contributed by atoms with Crippen LogP contribution in [0.5, 0.6) is 5.75 Å². The molecule has 2 N–H and O–H groups in total. The van der Waals surface area contributed by atoms with Gasteiger partial charge in [0.05, 0.1) is 4.92 Å². The van der Waals surface area contributed by atoms with E-state index in [9.17, 15) is 19.7 Å². The van der Waals surface area contributed by atoms with Gasteiger partial charge in [-0.1, -0.05) is 0 Å². The van der Waals surface area contributed by atoms with Gasteiger partial charge in [-0.3, -0.25) is 24.7 Å². The Kier molecular flexibility index (Phi) is 7.04. The van der Waals surface area contributed by atoms with Gasteiger partial charge in [-0.05, 0) is 29.8 Å². The molecule has 1 aromatic carbocycles. The largest absolute Gasteiger partial charge is 0.484 e. The smallest absolute Gasteiger partial charge is 0.269 e. The summed E-state index contributed by atoms with van der Waals surface area (Å²) < 4.78 is 5.22. The summed E-state index contributed by atoms with van der Waals surface area (Å²) in [7, 11) is 0. The lowest BCUT2D eigenvalue weighted by Gasteiger charge is -2.08. The third-order valence-corrected chi connectivity index (χ3v) is 3.33. The first-order chi connectivity index (χ1) is 12.5. The molecule has 0 aliphatic rings. The van der Waals surface area contributed by atoms with Crippen LogP contribution in [0, 0.1) is 10.1 Å². The lowest BCUT2D eigenvalue weighted by Crippen LogP contribution is -2.33. The van der Waals surface area contributed by atoms with E-state index in [1.54, 1.807) is 24.5 Å². The number of pyridine rings is 1. The lowest BCUT2D eigenvalue weighted by atomic mass is 10.2. The SMILES string of the molecule is O=C(CCNC(=O)COc1ccc([N+](=O)[O-])cc1)NCc1ccncc1. The van der Waals surface area contributed by atoms with Gasteiger partial charge >= 0.3 is 0 Å². The van der Waals surface area contributed by atoms with Crippen LogP contribution >= 0.6 is 0 Å². The first-order valence-electron chi connectivity index (χ1n) is 7.84. The number of nitro groups is 1. The molecule has 0 saturated carbocycles. The van der Waals surface area contributed by atoms with Crippen LogP contribution in [0.15, 0.2) is 48.8 Å². The molecular formula is C17H18N4O5. The van der Waals surface area contributed by atoms with Crippen molar-refractivity contribution in [3.63, 3.8) is 0 Å². The fourth-order valence-electron chi connectivity index (χ4n) is 1.97. The molecule has 2 rings (SSSR count). The Morgan fingerprint density at radius 2 is 1.73 bits per heavy atom. The summed E-state index contributed by atoms with van der Waals surface area (Å²) in [6, 6.07) is 9.02. The van der Waals surface area contributed by atoms with Gasteiger partial charge in [-0.25, -0.2) is 0 Å². The van der Waals surface area contributed by atoms with Crippen LogP contribution in [0.25, 0.3) is 0 Å². The van der Waals surface area contributed by atoms with Gasteiger partial charge in [0.1, 0.15) is 5.75 Å². The van der Waals surface area contributed by atoms with Crippen LogP contribution in [0.4, 0.5) is 5.69 Å². The number of rotatable bonds is 9. The average Bonchev–Trinajstić information content (AvgIpc) is 2.66. The molecular weight excluding hydrogens is 340 g/mol. The Balaban J connectivity index is 1.61. The molecule has 2 amide bonds. The fourth-order valence-corrected chi connectivity index (χ4v) is 1.97. The van der Waals surface area contributed by atoms with Crippen molar-refractivity contribution in [2.24, 2.45) is 0 Å². The molecule has 1 aromatic heterocycles. The summed E-state index contributed by atoms with van der Waals surface area (Å²) in [6.45, 7) is 0.347. The molecule has 0 unspecified atom stereocenters. The minimum atomic E-state index is -0.518. The van der Waals surface area contributed by atoms with Crippen molar-refractivity contribution < 1.29 is 19.2 Å². The van der Waals surface area contributed by atoms with Crippen molar-refractivity contribution in [1.82, 2.24) is 15.6 Å². The van der Waals surface area contributed by atoms with Gasteiger partial charge < -0.3 is 15.4 Å². The number of hydrogen-bond donors (Lipinski definition) is 2. The van der Waals surface area contributed by atoms with E-state index < -0.39 is 4.92 Å². The number of amides is 2. The van der Waals surface area contributed by atoms with Crippen LogP contribution in [0.3, 0.4) is 0 Å². The molecule has 0 saturated heterocycles. The van der Waals surface area contributed by atoms with Gasteiger partial charge in [-0.15, -0.1) is 0 Å². The highest BCUT2D eigenvalue weighted by Crippen LogP contribution is 2.16. The summed E-state index contributed by atoms with van der Waals surface area (Å²) in [5.41, 5.74) is 0.883. The van der Waals surface area contributed by atoms with Crippen LogP contribution in [0.2, 0.25) is 0 Å². The Bertz CT molecular complexity index is 750. The molecule has 0 spiro atoms. The molecule has 0 bridgehead atoms. The van der Waals surface area contributed by atoms with Gasteiger partial charge in [0.25, 0.3) is 11.6 Å². The molecule has 0 fully saturated rings. The summed E-state index contributed by atoms with van der Waals surface area (Å²) in [4.78, 5) is 37.3. The number of nitrogens with zero attached hydrogens (tertiary/aromatic N) is 2. The van der Waals surface area contributed by atoms with Gasteiger partial charge in [0, 0.05) is 44.0 Å². The quantitative estimate of drug-likeness (QED) is 0.513. The zero-order valence-corrected chi connectivity index (χ0v) is 13.9. The van der Waals surface area contributed by atoms with E-state index in [0.717, 1.165) is 5.56 Å². The minimum Gasteiger partial charge on any atom is -0.484 e. The molecule has 9 nitrogen and oxygen atoms in total. The number of ether oxygens (including phenoxy) is 1. The zero-order valence-electron chi connectivity index (χ0n) is 13.9. The Morgan fingerprint density at radius 3 is 2.38 bits per heavy atom. The second-order valence-electron chi connectivity index (χ2n) is 5.27. The molecule has 136 valence electrons. The third-order valence-electron chi connectivity index (χ3n) is 3.33. The van der Waals surface area contributed by atoms with Gasteiger partial charge in [0.15, 0.2) is 6.61 Å². The standard InChI is InChI=1S/C17H18N4O5/c22-16(20-11-13-5-8-18-9-6-13)7-10-19-17(23)12-26-15-3-1-14(2-4-15)21(24)25/h1-6,8-9H,7,10-12H2,(H,19,23)(H,20,22). The molecule has 1 heterocycles. The van der Waals surface area contributed by atoms with Crippen LogP contribution in [-0.4, -0.2) is 34.9 Å². The van der Waals surface area contributed by atoms with Crippen molar-refractivity contribution in [2.45, 2.75) is 13.0 Å². The maximum atomic E-state index is 11.7. The summed E-state index contributed by atoms with van der Waals surface area (Å²) in [5, 5.41) is 15.9. The predicted octanol–water partition coefficient (Wildman–Crippen LogP) is 1.19. The number of nitrogens with one attached hydrogen (secondary N) is 2. The number of hydrogen-bond acceptors (Lipinski definition) is 6. The zero-order chi connectivity index (χ0) is 18.8. The van der Waals surface area contributed by atoms with E-state index in [2.05, 4.69) is 15.6 Å². The van der Waals surface area contributed by atoms with Crippen LogP contribution in [0.1, 0.15) is 12.0 Å². The first-order valence-corrected chi connectivity index (χ1v) is 7.84. The maximum absolute atomic E-state index is 11.7. The average molecular weight is 358 g/mol. The molecule has 0 aliphatic carbocycles. The Labute approximate surface area is 149 Å². The second-order valence-corrected chi connectivity index (χ2v) is 5.27. The lowest BCUT2D eigenvalue weighted by molar-refractivity contribution is -0.384.